The summed E-state index contributed by atoms with van der Waals surface area (Å²) in [6, 6.07) is -1.11. The minimum Gasteiger partial charge on any atom is -0.394 e. The van der Waals surface area contributed by atoms with Gasteiger partial charge in [-0.2, -0.15) is 8.42 Å². The largest absolute Gasteiger partial charge is 0.397 e. The van der Waals surface area contributed by atoms with Gasteiger partial charge in [-0.05, 0) is 19.3 Å². The summed E-state index contributed by atoms with van der Waals surface area (Å²) in [7, 11) is -5.12. The molecule has 0 aliphatic carbocycles. The van der Waals surface area contributed by atoms with E-state index in [-0.39, 0.29) is 6.42 Å². The van der Waals surface area contributed by atoms with Crippen LogP contribution in [0.15, 0.2) is 12.2 Å². The maximum absolute atomic E-state index is 13.1. The van der Waals surface area contributed by atoms with Crippen LogP contribution in [0.3, 0.4) is 0 Å². The fraction of sp³-hybridized carbons (Fsp3) is 0.938. The zero-order valence-electron chi connectivity index (χ0n) is 39.1. The first-order valence-corrected chi connectivity index (χ1v) is 26.5. The number of aliphatic hydroxyl groups excluding tert-OH is 5. The second kappa shape index (κ2) is 39.0. The van der Waals surface area contributed by atoms with E-state index in [9.17, 15) is 43.3 Å². The lowest BCUT2D eigenvalue weighted by molar-refractivity contribution is -0.298. The molecule has 1 aliphatic rings. The number of aliphatic hydroxyl groups is 5. The molecule has 13 nitrogen and oxygen atoms in total. The quantitative estimate of drug-likeness (QED) is 0.0173. The Morgan fingerprint density at radius 1 is 0.645 bits per heavy atom. The first kappa shape index (κ1) is 58.8. The van der Waals surface area contributed by atoms with Crippen LogP contribution in [0.5, 0.6) is 0 Å². The third kappa shape index (κ3) is 30.8. The third-order valence-corrected chi connectivity index (χ3v) is 12.6. The summed E-state index contributed by atoms with van der Waals surface area (Å²) >= 11 is 0. The molecule has 14 heteroatoms. The van der Waals surface area contributed by atoms with Gasteiger partial charge in [0, 0.05) is 0 Å². The van der Waals surface area contributed by atoms with E-state index >= 15 is 0 Å². The van der Waals surface area contributed by atoms with Crippen molar-refractivity contribution in [3.63, 3.8) is 0 Å². The van der Waals surface area contributed by atoms with Crippen molar-refractivity contribution in [1.29, 1.82) is 0 Å². The van der Waals surface area contributed by atoms with Crippen LogP contribution in [0.25, 0.3) is 0 Å². The summed E-state index contributed by atoms with van der Waals surface area (Å²) in [5.41, 5.74) is 0. The van der Waals surface area contributed by atoms with Crippen molar-refractivity contribution in [3.8, 4) is 0 Å². The molecule has 0 aromatic heterocycles. The third-order valence-electron chi connectivity index (χ3n) is 12.2. The molecular formula is C48H93NO12S. The van der Waals surface area contributed by atoms with Crippen molar-refractivity contribution in [2.24, 2.45) is 0 Å². The molecule has 0 spiro atoms. The van der Waals surface area contributed by atoms with E-state index in [0.717, 1.165) is 38.5 Å². The number of hydrogen-bond donors (Lipinski definition) is 7. The highest BCUT2D eigenvalue weighted by Crippen LogP contribution is 2.26. The normalized spacial score (nSPS) is 21.1. The van der Waals surface area contributed by atoms with Gasteiger partial charge < -0.3 is 40.3 Å². The first-order valence-electron chi connectivity index (χ1n) is 25.2. The van der Waals surface area contributed by atoms with Gasteiger partial charge in [-0.1, -0.05) is 219 Å². The molecule has 8 atom stereocenters. The number of amides is 1. The molecule has 0 aromatic rings. The predicted molar refractivity (Wildman–Crippen MR) is 247 cm³/mol. The molecule has 62 heavy (non-hydrogen) atoms. The summed E-state index contributed by atoms with van der Waals surface area (Å²) in [6.45, 7) is 3.23. The Hall–Kier alpha value is -1.20. The minimum absolute atomic E-state index is 0.248. The number of carbonyl (C=O) groups is 1. The average Bonchev–Trinajstić information content (AvgIpc) is 3.24. The van der Waals surface area contributed by atoms with Crippen LogP contribution in [0.1, 0.15) is 226 Å². The molecule has 368 valence electrons. The molecule has 0 bridgehead atoms. The topological polar surface area (TPSA) is 212 Å². The smallest absolute Gasteiger partial charge is 0.394 e. The second-order valence-electron chi connectivity index (χ2n) is 17.9. The molecule has 1 heterocycles. The summed E-state index contributed by atoms with van der Waals surface area (Å²) in [5.74, 6) is -0.699. The van der Waals surface area contributed by atoms with Gasteiger partial charge in [0.1, 0.15) is 30.5 Å². The van der Waals surface area contributed by atoms with E-state index < -0.39 is 78.5 Å². The lowest BCUT2D eigenvalue weighted by atomic mass is 9.99. The van der Waals surface area contributed by atoms with Crippen molar-refractivity contribution in [1.82, 2.24) is 5.32 Å². The number of unbranched alkanes of at least 4 members (excludes halogenated alkanes) is 30. The van der Waals surface area contributed by atoms with Crippen LogP contribution in [-0.2, 0) is 28.9 Å². The molecule has 8 unspecified atom stereocenters. The number of hydrogen-bond acceptors (Lipinski definition) is 11. The monoisotopic (exact) mass is 908 g/mol. The highest BCUT2D eigenvalue weighted by atomic mass is 32.3. The molecule has 1 rings (SSSR count). The lowest BCUT2D eigenvalue weighted by Crippen LogP contribution is -2.61. The van der Waals surface area contributed by atoms with Crippen molar-refractivity contribution in [3.05, 3.63) is 12.2 Å². The van der Waals surface area contributed by atoms with Crippen LogP contribution in [-0.4, -0.2) is 107 Å². The van der Waals surface area contributed by atoms with Gasteiger partial charge in [0.15, 0.2) is 6.29 Å². The van der Waals surface area contributed by atoms with E-state index in [2.05, 4.69) is 23.3 Å². The zero-order chi connectivity index (χ0) is 45.7. The predicted octanol–water partition coefficient (Wildman–Crippen LogP) is 9.31. The first-order chi connectivity index (χ1) is 29.9. The average molecular weight is 908 g/mol. The van der Waals surface area contributed by atoms with Gasteiger partial charge in [0.25, 0.3) is 0 Å². The highest BCUT2D eigenvalue weighted by Gasteiger charge is 2.48. The van der Waals surface area contributed by atoms with Crippen LogP contribution in [0.4, 0.5) is 0 Å². The zero-order valence-corrected chi connectivity index (χ0v) is 39.9. The molecule has 1 amide bonds. The lowest BCUT2D eigenvalue weighted by Gasteiger charge is -2.41. The molecule has 0 radical (unpaired) electrons. The Bertz CT molecular complexity index is 1180. The van der Waals surface area contributed by atoms with Crippen molar-refractivity contribution in [2.45, 2.75) is 275 Å². The number of ether oxygens (including phenoxy) is 2. The number of allylic oxidation sites excluding steroid dienone is 1. The molecule has 7 N–H and O–H groups in total. The molecule has 1 aliphatic heterocycles. The van der Waals surface area contributed by atoms with E-state index in [1.165, 1.54) is 154 Å². The highest BCUT2D eigenvalue weighted by molar-refractivity contribution is 7.80. The Morgan fingerprint density at radius 2 is 1.05 bits per heavy atom. The van der Waals surface area contributed by atoms with Gasteiger partial charge in [0.05, 0.1) is 25.4 Å². The fourth-order valence-corrected chi connectivity index (χ4v) is 8.68. The standard InChI is InChI=1S/C48H93NO12S/c1-3-5-7-9-11-13-15-17-18-19-20-21-22-23-25-27-29-31-33-35-37-42(52)47(55)49-40(41(51)36-34-32-30-28-26-24-16-14-12-10-8-6-4-2)39-59-48-45(54)46(61-62(56,57)58)44(53)43(38-50)60-48/h34,36,40-46,48,50-54H,3-33,35,37-39H2,1-2H3,(H,49,55)(H,56,57,58). The maximum atomic E-state index is 13.1. The molecule has 1 saturated heterocycles. The van der Waals surface area contributed by atoms with Gasteiger partial charge in [0.2, 0.25) is 5.91 Å². The van der Waals surface area contributed by atoms with E-state index in [4.69, 9.17) is 9.47 Å². The Balaban J connectivity index is 2.49. The van der Waals surface area contributed by atoms with E-state index in [0.29, 0.717) is 12.8 Å². The van der Waals surface area contributed by atoms with Gasteiger partial charge in [-0.25, -0.2) is 4.18 Å². The molecule has 0 saturated carbocycles. The van der Waals surface area contributed by atoms with E-state index in [1.807, 2.05) is 6.08 Å². The van der Waals surface area contributed by atoms with Crippen molar-refractivity contribution < 1.29 is 57.0 Å². The second-order valence-corrected chi connectivity index (χ2v) is 19.0. The number of nitrogens with one attached hydrogen (secondary N) is 1. The summed E-state index contributed by atoms with van der Waals surface area (Å²) < 4.78 is 47.5. The SMILES string of the molecule is CCCCCCCCCCCCCC=CC(O)C(COC1OC(CO)C(O)C(OS(=O)(=O)O)C1O)NC(=O)C(O)CCCCCCCCCCCCCCCCCCCCCC. The van der Waals surface area contributed by atoms with E-state index in [1.54, 1.807) is 6.08 Å². The minimum atomic E-state index is -5.12. The number of carbonyl (C=O) groups excluding carboxylic acids is 1. The maximum Gasteiger partial charge on any atom is 0.397 e. The Kier molecular flexibility index (Phi) is 37.0. The van der Waals surface area contributed by atoms with Crippen LogP contribution < -0.4 is 5.32 Å². The Morgan fingerprint density at radius 3 is 1.45 bits per heavy atom. The van der Waals surface area contributed by atoms with Crippen molar-refractivity contribution in [2.75, 3.05) is 13.2 Å². The molecular weight excluding hydrogens is 815 g/mol. The van der Waals surface area contributed by atoms with Crippen LogP contribution >= 0.6 is 0 Å². The summed E-state index contributed by atoms with van der Waals surface area (Å²) in [4.78, 5) is 13.1. The summed E-state index contributed by atoms with van der Waals surface area (Å²) in [6.07, 6.45) is 31.5. The van der Waals surface area contributed by atoms with Gasteiger partial charge in [-0.3, -0.25) is 9.35 Å². The molecule has 1 fully saturated rings. The molecule has 0 aromatic carbocycles. The van der Waals surface area contributed by atoms with Gasteiger partial charge >= 0.3 is 10.4 Å². The fourth-order valence-electron chi connectivity index (χ4n) is 8.17. The van der Waals surface area contributed by atoms with Crippen LogP contribution in [0, 0.1) is 0 Å². The van der Waals surface area contributed by atoms with Gasteiger partial charge in [-0.15, -0.1) is 0 Å². The Labute approximate surface area is 377 Å². The van der Waals surface area contributed by atoms with Crippen LogP contribution in [0.2, 0.25) is 0 Å². The summed E-state index contributed by atoms with van der Waals surface area (Å²) in [5, 5.41) is 55.3. The number of rotatable bonds is 43. The van der Waals surface area contributed by atoms with Crippen molar-refractivity contribution >= 4 is 16.3 Å².